The number of hydrogen-bond acceptors (Lipinski definition) is 5. The van der Waals surface area contributed by atoms with Crippen molar-refractivity contribution in [1.82, 2.24) is 4.98 Å². The predicted molar refractivity (Wildman–Crippen MR) is 51.9 cm³/mol. The average molecular weight is 187 g/mol. The molecule has 1 heterocycles. The standard InChI is InChI=1S/C9H9N5/c1-2-7-5(3-10)8(12)6(4-11)9(13)14-7/h2H2,1H3,(H4,12,13,14). The van der Waals surface area contributed by atoms with Gasteiger partial charge in [-0.1, -0.05) is 6.92 Å². The number of nitriles is 2. The van der Waals surface area contributed by atoms with Gasteiger partial charge in [-0.2, -0.15) is 10.5 Å². The van der Waals surface area contributed by atoms with Crippen LogP contribution < -0.4 is 11.5 Å². The van der Waals surface area contributed by atoms with Crippen LogP contribution in [0.3, 0.4) is 0 Å². The Balaban J connectivity index is 3.60. The first kappa shape index (κ1) is 9.82. The third-order valence-corrected chi connectivity index (χ3v) is 1.90. The molecule has 1 aromatic rings. The highest BCUT2D eigenvalue weighted by Crippen LogP contribution is 2.23. The van der Waals surface area contributed by atoms with Crippen molar-refractivity contribution in [3.63, 3.8) is 0 Å². The molecule has 0 amide bonds. The average Bonchev–Trinajstić information content (AvgIpc) is 2.17. The lowest BCUT2D eigenvalue weighted by atomic mass is 10.1. The Labute approximate surface area is 81.6 Å². The molecule has 0 spiro atoms. The van der Waals surface area contributed by atoms with Crippen LogP contribution in [0, 0.1) is 22.7 Å². The van der Waals surface area contributed by atoms with Crippen molar-refractivity contribution in [3.8, 4) is 12.1 Å². The summed E-state index contributed by atoms with van der Waals surface area (Å²) in [7, 11) is 0. The summed E-state index contributed by atoms with van der Waals surface area (Å²) >= 11 is 0. The summed E-state index contributed by atoms with van der Waals surface area (Å²) in [6.45, 7) is 1.84. The second kappa shape index (κ2) is 3.63. The van der Waals surface area contributed by atoms with Gasteiger partial charge in [0, 0.05) is 0 Å². The fourth-order valence-electron chi connectivity index (χ4n) is 1.17. The molecule has 5 nitrogen and oxygen atoms in total. The topological polar surface area (TPSA) is 113 Å². The number of aromatic nitrogens is 1. The van der Waals surface area contributed by atoms with Gasteiger partial charge < -0.3 is 11.5 Å². The first-order chi connectivity index (χ1) is 6.65. The van der Waals surface area contributed by atoms with Crippen LogP contribution in [0.5, 0.6) is 0 Å². The van der Waals surface area contributed by atoms with E-state index in [1.165, 1.54) is 0 Å². The molecule has 0 aliphatic carbocycles. The molecule has 5 heteroatoms. The fourth-order valence-corrected chi connectivity index (χ4v) is 1.17. The molecule has 0 atom stereocenters. The summed E-state index contributed by atoms with van der Waals surface area (Å²) in [6.07, 6.45) is 0.559. The van der Waals surface area contributed by atoms with Crippen LogP contribution in [-0.2, 0) is 6.42 Å². The number of nitrogens with zero attached hydrogens (tertiary/aromatic N) is 3. The van der Waals surface area contributed by atoms with Crippen molar-refractivity contribution >= 4 is 11.5 Å². The van der Waals surface area contributed by atoms with Crippen LogP contribution in [0.25, 0.3) is 0 Å². The molecule has 0 fully saturated rings. The molecule has 0 aliphatic rings. The van der Waals surface area contributed by atoms with Crippen molar-refractivity contribution in [2.45, 2.75) is 13.3 Å². The Morgan fingerprint density at radius 2 is 1.79 bits per heavy atom. The van der Waals surface area contributed by atoms with Gasteiger partial charge in [-0.15, -0.1) is 0 Å². The summed E-state index contributed by atoms with van der Waals surface area (Å²) in [4.78, 5) is 3.95. The van der Waals surface area contributed by atoms with E-state index in [-0.39, 0.29) is 22.6 Å². The second-order valence-electron chi connectivity index (χ2n) is 2.68. The van der Waals surface area contributed by atoms with E-state index in [0.717, 1.165) is 0 Å². The number of hydrogen-bond donors (Lipinski definition) is 2. The molecule has 1 rings (SSSR count). The number of nitrogens with two attached hydrogens (primary N) is 2. The Bertz CT molecular complexity index is 450. The van der Waals surface area contributed by atoms with Crippen LogP contribution in [0.1, 0.15) is 23.7 Å². The molecule has 0 aliphatic heterocycles. The third-order valence-electron chi connectivity index (χ3n) is 1.90. The van der Waals surface area contributed by atoms with Gasteiger partial charge in [-0.05, 0) is 6.42 Å². The number of pyridine rings is 1. The largest absolute Gasteiger partial charge is 0.396 e. The molecular weight excluding hydrogens is 178 g/mol. The lowest BCUT2D eigenvalue weighted by Gasteiger charge is -2.07. The van der Waals surface area contributed by atoms with Gasteiger partial charge in [0.1, 0.15) is 23.5 Å². The Kier molecular flexibility index (Phi) is 2.54. The zero-order chi connectivity index (χ0) is 10.7. The first-order valence-electron chi connectivity index (χ1n) is 4.03. The Morgan fingerprint density at radius 1 is 1.21 bits per heavy atom. The molecule has 14 heavy (non-hydrogen) atoms. The summed E-state index contributed by atoms with van der Waals surface area (Å²) in [6, 6.07) is 3.75. The minimum Gasteiger partial charge on any atom is -0.396 e. The fraction of sp³-hybridized carbons (Fsp3) is 0.222. The third kappa shape index (κ3) is 1.32. The van der Waals surface area contributed by atoms with Crippen LogP contribution in [0.2, 0.25) is 0 Å². The van der Waals surface area contributed by atoms with Crippen molar-refractivity contribution in [3.05, 3.63) is 16.8 Å². The van der Waals surface area contributed by atoms with Crippen molar-refractivity contribution < 1.29 is 0 Å². The molecule has 0 radical (unpaired) electrons. The van der Waals surface area contributed by atoms with Crippen LogP contribution in [0.15, 0.2) is 0 Å². The van der Waals surface area contributed by atoms with Crippen LogP contribution in [0.4, 0.5) is 11.5 Å². The van der Waals surface area contributed by atoms with Crippen molar-refractivity contribution in [2.75, 3.05) is 11.5 Å². The quantitative estimate of drug-likeness (QED) is 0.666. The zero-order valence-corrected chi connectivity index (χ0v) is 7.70. The van der Waals surface area contributed by atoms with Gasteiger partial charge in [0.2, 0.25) is 0 Å². The minimum absolute atomic E-state index is 0.0822. The van der Waals surface area contributed by atoms with E-state index >= 15 is 0 Å². The monoisotopic (exact) mass is 187 g/mol. The minimum atomic E-state index is 0.0822. The highest BCUT2D eigenvalue weighted by molar-refractivity contribution is 5.71. The van der Waals surface area contributed by atoms with E-state index in [4.69, 9.17) is 22.0 Å². The number of aryl methyl sites for hydroxylation is 1. The summed E-state index contributed by atoms with van der Waals surface area (Å²) in [5.74, 6) is 0.0841. The summed E-state index contributed by atoms with van der Waals surface area (Å²) in [5.41, 5.74) is 12.1. The van der Waals surface area contributed by atoms with E-state index in [1.54, 1.807) is 0 Å². The van der Waals surface area contributed by atoms with E-state index in [1.807, 2.05) is 19.1 Å². The maximum absolute atomic E-state index is 8.82. The van der Waals surface area contributed by atoms with E-state index in [2.05, 4.69) is 4.98 Å². The van der Waals surface area contributed by atoms with Crippen molar-refractivity contribution in [2.24, 2.45) is 0 Å². The van der Waals surface area contributed by atoms with Crippen LogP contribution >= 0.6 is 0 Å². The molecule has 4 N–H and O–H groups in total. The van der Waals surface area contributed by atoms with Gasteiger partial charge in [-0.25, -0.2) is 4.98 Å². The normalized spacial score (nSPS) is 9.07. The van der Waals surface area contributed by atoms with E-state index in [9.17, 15) is 0 Å². The highest BCUT2D eigenvalue weighted by Gasteiger charge is 2.14. The zero-order valence-electron chi connectivity index (χ0n) is 7.70. The van der Waals surface area contributed by atoms with E-state index < -0.39 is 0 Å². The number of anilines is 2. The Hall–Kier alpha value is -2.27. The molecular formula is C9H9N5. The molecule has 1 aromatic heterocycles. The lowest BCUT2D eigenvalue weighted by molar-refractivity contribution is 1.03. The number of rotatable bonds is 1. The molecule has 0 unspecified atom stereocenters. The predicted octanol–water partition coefficient (Wildman–Crippen LogP) is 0.552. The SMILES string of the molecule is CCc1nc(N)c(C#N)c(N)c1C#N. The smallest absolute Gasteiger partial charge is 0.143 e. The molecule has 0 saturated heterocycles. The van der Waals surface area contributed by atoms with Crippen molar-refractivity contribution in [1.29, 1.82) is 10.5 Å². The van der Waals surface area contributed by atoms with Crippen LogP contribution in [-0.4, -0.2) is 4.98 Å². The van der Waals surface area contributed by atoms with Gasteiger partial charge in [0.05, 0.1) is 16.9 Å². The van der Waals surface area contributed by atoms with Gasteiger partial charge in [0.15, 0.2) is 0 Å². The Morgan fingerprint density at radius 3 is 2.21 bits per heavy atom. The maximum atomic E-state index is 8.82. The summed E-state index contributed by atoms with van der Waals surface area (Å²) in [5, 5.41) is 17.5. The highest BCUT2D eigenvalue weighted by atomic mass is 14.9. The van der Waals surface area contributed by atoms with Gasteiger partial charge in [-0.3, -0.25) is 0 Å². The molecule has 0 saturated carbocycles. The molecule has 70 valence electrons. The van der Waals surface area contributed by atoms with E-state index in [0.29, 0.717) is 12.1 Å². The van der Waals surface area contributed by atoms with Gasteiger partial charge >= 0.3 is 0 Å². The first-order valence-corrected chi connectivity index (χ1v) is 4.03. The summed E-state index contributed by atoms with van der Waals surface area (Å²) < 4.78 is 0. The number of nitrogen functional groups attached to an aromatic ring is 2. The second-order valence-corrected chi connectivity index (χ2v) is 2.68. The molecule has 0 bridgehead atoms. The maximum Gasteiger partial charge on any atom is 0.143 e. The molecule has 0 aromatic carbocycles. The lowest BCUT2D eigenvalue weighted by Crippen LogP contribution is -2.07. The van der Waals surface area contributed by atoms with Gasteiger partial charge in [0.25, 0.3) is 0 Å².